The van der Waals surface area contributed by atoms with Crippen LogP contribution in [-0.2, 0) is 10.2 Å². The monoisotopic (exact) mass is 430 g/mol. The molecule has 0 radical (unpaired) electrons. The van der Waals surface area contributed by atoms with E-state index in [1.807, 2.05) is 12.1 Å². The minimum atomic E-state index is -0.514. The maximum absolute atomic E-state index is 12.6. The van der Waals surface area contributed by atoms with Crippen LogP contribution in [0.3, 0.4) is 0 Å². The lowest BCUT2D eigenvalue weighted by atomic mass is 9.87. The first-order valence-electron chi connectivity index (χ1n) is 10.2. The fraction of sp³-hybridized carbons (Fsp3) is 0.192. The highest BCUT2D eigenvalue weighted by Crippen LogP contribution is 2.23. The zero-order chi connectivity index (χ0) is 23.3. The van der Waals surface area contributed by atoms with Crippen molar-refractivity contribution >= 4 is 29.2 Å². The molecule has 3 aromatic rings. The van der Waals surface area contributed by atoms with E-state index in [0.29, 0.717) is 28.1 Å². The molecule has 3 rings (SSSR count). The molecule has 0 aliphatic rings. The molecule has 0 saturated heterocycles. The zero-order valence-electron chi connectivity index (χ0n) is 18.6. The quantitative estimate of drug-likeness (QED) is 0.540. The second-order valence-electron chi connectivity index (χ2n) is 8.39. The summed E-state index contributed by atoms with van der Waals surface area (Å²) >= 11 is 0. The number of carbonyl (C=O) groups excluding carboxylic acids is 3. The molecular formula is C26H26N2O4. The van der Waals surface area contributed by atoms with Gasteiger partial charge in [0, 0.05) is 22.5 Å². The van der Waals surface area contributed by atoms with Crippen molar-refractivity contribution in [3.63, 3.8) is 0 Å². The van der Waals surface area contributed by atoms with E-state index in [2.05, 4.69) is 31.4 Å². The highest BCUT2D eigenvalue weighted by Gasteiger charge is 2.15. The van der Waals surface area contributed by atoms with Crippen LogP contribution in [0.25, 0.3) is 0 Å². The predicted molar refractivity (Wildman–Crippen MR) is 125 cm³/mol. The molecular weight excluding hydrogens is 404 g/mol. The Bertz CT molecular complexity index is 1140. The standard InChI is InChI=1S/C26H26N2O4/c1-26(2,3)20-13-11-17(12-14-20)23(29)27-21-9-6-10-22(16-21)28-24(30)18-7-5-8-19(15-18)25(31)32-4/h5-16H,1-4H3,(H,27,29)(H,28,30). The van der Waals surface area contributed by atoms with E-state index >= 15 is 0 Å². The first-order valence-corrected chi connectivity index (χ1v) is 10.2. The summed E-state index contributed by atoms with van der Waals surface area (Å²) in [6.45, 7) is 6.36. The van der Waals surface area contributed by atoms with E-state index in [4.69, 9.17) is 4.74 Å². The number of nitrogens with one attached hydrogen (secondary N) is 2. The Kier molecular flexibility index (Phi) is 6.73. The van der Waals surface area contributed by atoms with Crippen LogP contribution in [0.1, 0.15) is 57.4 Å². The van der Waals surface area contributed by atoms with Crippen LogP contribution in [-0.4, -0.2) is 24.9 Å². The van der Waals surface area contributed by atoms with E-state index in [1.165, 1.54) is 13.2 Å². The fourth-order valence-corrected chi connectivity index (χ4v) is 3.11. The molecule has 2 N–H and O–H groups in total. The van der Waals surface area contributed by atoms with E-state index in [0.717, 1.165) is 5.56 Å². The smallest absolute Gasteiger partial charge is 0.337 e. The molecule has 3 aromatic carbocycles. The molecule has 0 aliphatic heterocycles. The summed E-state index contributed by atoms with van der Waals surface area (Å²) < 4.78 is 4.69. The lowest BCUT2D eigenvalue weighted by Gasteiger charge is -2.19. The lowest BCUT2D eigenvalue weighted by Crippen LogP contribution is -2.15. The van der Waals surface area contributed by atoms with E-state index in [-0.39, 0.29) is 17.2 Å². The van der Waals surface area contributed by atoms with Gasteiger partial charge in [0.05, 0.1) is 12.7 Å². The predicted octanol–water partition coefficient (Wildman–Crippen LogP) is 5.28. The molecule has 0 heterocycles. The van der Waals surface area contributed by atoms with Gasteiger partial charge in [-0.25, -0.2) is 4.79 Å². The van der Waals surface area contributed by atoms with E-state index in [1.54, 1.807) is 54.6 Å². The van der Waals surface area contributed by atoms with E-state index in [9.17, 15) is 14.4 Å². The van der Waals surface area contributed by atoms with Crippen molar-refractivity contribution in [3.05, 3.63) is 95.1 Å². The van der Waals surface area contributed by atoms with Crippen LogP contribution in [0, 0.1) is 0 Å². The van der Waals surface area contributed by atoms with Crippen molar-refractivity contribution in [1.29, 1.82) is 0 Å². The highest BCUT2D eigenvalue weighted by atomic mass is 16.5. The van der Waals surface area contributed by atoms with Gasteiger partial charge >= 0.3 is 5.97 Å². The van der Waals surface area contributed by atoms with Gasteiger partial charge < -0.3 is 15.4 Å². The summed E-state index contributed by atoms with van der Waals surface area (Å²) in [6.07, 6.45) is 0. The Hall–Kier alpha value is -3.93. The highest BCUT2D eigenvalue weighted by molar-refractivity contribution is 6.07. The number of benzene rings is 3. The van der Waals surface area contributed by atoms with Gasteiger partial charge in [0.2, 0.25) is 0 Å². The topological polar surface area (TPSA) is 84.5 Å². The zero-order valence-corrected chi connectivity index (χ0v) is 18.6. The number of hydrogen-bond donors (Lipinski definition) is 2. The lowest BCUT2D eigenvalue weighted by molar-refractivity contribution is 0.0600. The Morgan fingerprint density at radius 2 is 1.22 bits per heavy atom. The number of esters is 1. The molecule has 6 heteroatoms. The van der Waals surface area contributed by atoms with Crippen molar-refractivity contribution in [1.82, 2.24) is 0 Å². The molecule has 32 heavy (non-hydrogen) atoms. The van der Waals surface area contributed by atoms with Gasteiger partial charge in [-0.3, -0.25) is 9.59 Å². The minimum absolute atomic E-state index is 0.0118. The van der Waals surface area contributed by atoms with Crippen LogP contribution >= 0.6 is 0 Å². The Morgan fingerprint density at radius 1 is 0.688 bits per heavy atom. The maximum atomic E-state index is 12.6. The van der Waals surface area contributed by atoms with Crippen molar-refractivity contribution in [3.8, 4) is 0 Å². The summed E-state index contributed by atoms with van der Waals surface area (Å²) in [4.78, 5) is 36.9. The summed E-state index contributed by atoms with van der Waals surface area (Å²) in [5.74, 6) is -1.13. The van der Waals surface area contributed by atoms with Gasteiger partial charge in [-0.05, 0) is 59.5 Å². The van der Waals surface area contributed by atoms with Gasteiger partial charge in [-0.15, -0.1) is 0 Å². The van der Waals surface area contributed by atoms with Gasteiger partial charge in [-0.2, -0.15) is 0 Å². The van der Waals surface area contributed by atoms with Gasteiger partial charge in [0.25, 0.3) is 11.8 Å². The minimum Gasteiger partial charge on any atom is -0.465 e. The van der Waals surface area contributed by atoms with Gasteiger partial charge in [0.15, 0.2) is 0 Å². The van der Waals surface area contributed by atoms with Gasteiger partial charge in [0.1, 0.15) is 0 Å². The number of hydrogen-bond acceptors (Lipinski definition) is 4. The molecule has 2 amide bonds. The first-order chi connectivity index (χ1) is 15.2. The molecule has 0 aromatic heterocycles. The maximum Gasteiger partial charge on any atom is 0.337 e. The van der Waals surface area contributed by atoms with E-state index < -0.39 is 5.97 Å². The summed E-state index contributed by atoms with van der Waals surface area (Å²) in [6, 6.07) is 20.6. The summed E-state index contributed by atoms with van der Waals surface area (Å²) in [5.41, 5.74) is 3.38. The molecule has 0 bridgehead atoms. The van der Waals surface area contributed by atoms with Crippen molar-refractivity contribution < 1.29 is 19.1 Å². The van der Waals surface area contributed by atoms with Crippen molar-refractivity contribution in [2.24, 2.45) is 0 Å². The Labute approximate surface area is 187 Å². The fourth-order valence-electron chi connectivity index (χ4n) is 3.11. The Morgan fingerprint density at radius 3 is 1.78 bits per heavy atom. The van der Waals surface area contributed by atoms with Crippen molar-refractivity contribution in [2.75, 3.05) is 17.7 Å². The third-order valence-corrected chi connectivity index (χ3v) is 4.94. The number of carbonyl (C=O) groups is 3. The second kappa shape index (κ2) is 9.47. The third kappa shape index (κ3) is 5.60. The molecule has 0 saturated carbocycles. The molecule has 0 aliphatic carbocycles. The molecule has 0 atom stereocenters. The molecule has 164 valence electrons. The van der Waals surface area contributed by atoms with Crippen molar-refractivity contribution in [2.45, 2.75) is 26.2 Å². The number of anilines is 2. The summed E-state index contributed by atoms with van der Waals surface area (Å²) in [7, 11) is 1.29. The van der Waals surface area contributed by atoms with Crippen LogP contribution in [0.15, 0.2) is 72.8 Å². The molecule has 0 spiro atoms. The van der Waals surface area contributed by atoms with Crippen LogP contribution in [0.5, 0.6) is 0 Å². The SMILES string of the molecule is COC(=O)c1cccc(C(=O)Nc2cccc(NC(=O)c3ccc(C(C)(C)C)cc3)c2)c1. The number of amides is 2. The number of rotatable bonds is 5. The summed E-state index contributed by atoms with van der Waals surface area (Å²) in [5, 5.41) is 5.63. The molecule has 0 unspecified atom stereocenters. The third-order valence-electron chi connectivity index (χ3n) is 4.94. The van der Waals surface area contributed by atoms with Gasteiger partial charge in [-0.1, -0.05) is 45.0 Å². The largest absolute Gasteiger partial charge is 0.465 e. The average Bonchev–Trinajstić information content (AvgIpc) is 2.78. The molecule has 0 fully saturated rings. The molecule has 6 nitrogen and oxygen atoms in total. The second-order valence-corrected chi connectivity index (χ2v) is 8.39. The average molecular weight is 431 g/mol. The number of ether oxygens (including phenoxy) is 1. The normalized spacial score (nSPS) is 10.9. The number of methoxy groups -OCH3 is 1. The van der Waals surface area contributed by atoms with Crippen LogP contribution in [0.4, 0.5) is 11.4 Å². The van der Waals surface area contributed by atoms with Crippen LogP contribution in [0.2, 0.25) is 0 Å². The van der Waals surface area contributed by atoms with Crippen LogP contribution < -0.4 is 10.6 Å². The Balaban J connectivity index is 1.70. The first kappa shape index (κ1) is 22.7.